The molecule has 19 heavy (non-hydrogen) atoms. The van der Waals surface area contributed by atoms with Crippen molar-refractivity contribution in [2.45, 2.75) is 37.1 Å². The van der Waals surface area contributed by atoms with Gasteiger partial charge in [-0.2, -0.15) is 0 Å². The lowest BCUT2D eigenvalue weighted by molar-refractivity contribution is 0.714. The molecule has 0 spiro atoms. The number of pyridine rings is 1. The minimum atomic E-state index is 0.0221. The predicted molar refractivity (Wildman–Crippen MR) is 82.4 cm³/mol. The Bertz CT molecular complexity index is 519. The molecule has 0 aliphatic carbocycles. The average Bonchev–Trinajstić information content (AvgIpc) is 2.37. The minimum Gasteiger partial charge on any atom is -0.323 e. The molecule has 3 heteroatoms. The fourth-order valence-corrected chi connectivity index (χ4v) is 3.21. The lowest BCUT2D eigenvalue weighted by Gasteiger charge is -2.19. The van der Waals surface area contributed by atoms with Gasteiger partial charge in [0, 0.05) is 17.0 Å². The van der Waals surface area contributed by atoms with Gasteiger partial charge in [-0.05, 0) is 37.1 Å². The molecule has 0 bridgehead atoms. The zero-order valence-corrected chi connectivity index (χ0v) is 12.4. The Morgan fingerprint density at radius 3 is 2.42 bits per heavy atom. The molecule has 2 aromatic rings. The number of hydrogen-bond acceptors (Lipinski definition) is 3. The second kappa shape index (κ2) is 6.22. The van der Waals surface area contributed by atoms with Crippen LogP contribution in [0.1, 0.15) is 29.8 Å². The number of aromatic nitrogens is 1. The van der Waals surface area contributed by atoms with Gasteiger partial charge >= 0.3 is 0 Å². The molecule has 0 saturated heterocycles. The van der Waals surface area contributed by atoms with Crippen LogP contribution in [0, 0.1) is 13.8 Å². The first-order chi connectivity index (χ1) is 9.06. The van der Waals surface area contributed by atoms with Gasteiger partial charge in [0.05, 0.1) is 5.03 Å². The van der Waals surface area contributed by atoms with Crippen molar-refractivity contribution in [1.82, 2.24) is 4.98 Å². The SMILES string of the molecule is Cc1cc(C)nc(SC(C)C(N)c2ccccc2)c1. The predicted octanol–water partition coefficient (Wildman–Crippen LogP) is 3.88. The van der Waals surface area contributed by atoms with Crippen LogP contribution in [0.25, 0.3) is 0 Å². The highest BCUT2D eigenvalue weighted by Crippen LogP contribution is 2.30. The van der Waals surface area contributed by atoms with Crippen molar-refractivity contribution in [3.05, 3.63) is 59.3 Å². The van der Waals surface area contributed by atoms with E-state index in [1.807, 2.05) is 25.1 Å². The zero-order valence-electron chi connectivity index (χ0n) is 11.6. The van der Waals surface area contributed by atoms with E-state index in [1.54, 1.807) is 11.8 Å². The van der Waals surface area contributed by atoms with Crippen molar-refractivity contribution >= 4 is 11.8 Å². The number of hydrogen-bond donors (Lipinski definition) is 1. The molecule has 2 N–H and O–H groups in total. The first-order valence-corrected chi connectivity index (χ1v) is 7.36. The van der Waals surface area contributed by atoms with E-state index in [9.17, 15) is 0 Å². The van der Waals surface area contributed by atoms with Crippen LogP contribution in [0.2, 0.25) is 0 Å². The number of rotatable bonds is 4. The van der Waals surface area contributed by atoms with Crippen molar-refractivity contribution < 1.29 is 0 Å². The maximum Gasteiger partial charge on any atom is 0.0968 e. The van der Waals surface area contributed by atoms with Crippen molar-refractivity contribution in [3.8, 4) is 0 Å². The third kappa shape index (κ3) is 3.82. The van der Waals surface area contributed by atoms with Crippen LogP contribution in [0.5, 0.6) is 0 Å². The summed E-state index contributed by atoms with van der Waals surface area (Å²) in [6.07, 6.45) is 0. The van der Waals surface area contributed by atoms with E-state index in [-0.39, 0.29) is 11.3 Å². The minimum absolute atomic E-state index is 0.0221. The first-order valence-electron chi connectivity index (χ1n) is 6.49. The molecule has 0 radical (unpaired) electrons. The molecule has 0 fully saturated rings. The lowest BCUT2D eigenvalue weighted by Crippen LogP contribution is -2.21. The third-order valence-electron chi connectivity index (χ3n) is 3.07. The molecule has 0 aliphatic heterocycles. The molecule has 0 amide bonds. The molecule has 0 saturated carbocycles. The van der Waals surface area contributed by atoms with Crippen LogP contribution in [0.3, 0.4) is 0 Å². The smallest absolute Gasteiger partial charge is 0.0968 e. The van der Waals surface area contributed by atoms with E-state index < -0.39 is 0 Å². The molecule has 1 aromatic carbocycles. The summed E-state index contributed by atoms with van der Waals surface area (Å²) < 4.78 is 0. The Balaban J connectivity index is 2.10. The second-order valence-electron chi connectivity index (χ2n) is 4.88. The van der Waals surface area contributed by atoms with E-state index in [0.29, 0.717) is 0 Å². The van der Waals surface area contributed by atoms with E-state index in [2.05, 4.69) is 43.1 Å². The van der Waals surface area contributed by atoms with Gasteiger partial charge in [-0.25, -0.2) is 4.98 Å². The van der Waals surface area contributed by atoms with Gasteiger partial charge < -0.3 is 5.73 Å². The number of nitrogens with two attached hydrogens (primary N) is 1. The Morgan fingerprint density at radius 1 is 1.11 bits per heavy atom. The van der Waals surface area contributed by atoms with Crippen LogP contribution in [-0.4, -0.2) is 10.2 Å². The molecule has 2 rings (SSSR count). The average molecular weight is 272 g/mol. The third-order valence-corrected chi connectivity index (χ3v) is 4.19. The van der Waals surface area contributed by atoms with Crippen LogP contribution in [0.4, 0.5) is 0 Å². The maximum absolute atomic E-state index is 6.31. The highest BCUT2D eigenvalue weighted by Gasteiger charge is 2.16. The zero-order chi connectivity index (χ0) is 13.8. The summed E-state index contributed by atoms with van der Waals surface area (Å²) in [6, 6.07) is 14.5. The fraction of sp³-hybridized carbons (Fsp3) is 0.312. The van der Waals surface area contributed by atoms with Gasteiger partial charge in [0.2, 0.25) is 0 Å². The summed E-state index contributed by atoms with van der Waals surface area (Å²) in [7, 11) is 0. The summed E-state index contributed by atoms with van der Waals surface area (Å²) in [5, 5.41) is 1.34. The lowest BCUT2D eigenvalue weighted by atomic mass is 10.1. The molecular formula is C16H20N2S. The summed E-state index contributed by atoms with van der Waals surface area (Å²) in [5.41, 5.74) is 9.79. The van der Waals surface area contributed by atoms with Crippen LogP contribution >= 0.6 is 11.8 Å². The Labute approximate surface area is 119 Å². The highest BCUT2D eigenvalue weighted by molar-refractivity contribution is 7.99. The number of aryl methyl sites for hydroxylation is 2. The standard InChI is InChI=1S/C16H20N2S/c1-11-9-12(2)18-15(10-11)19-13(3)16(17)14-7-5-4-6-8-14/h4-10,13,16H,17H2,1-3H3. The van der Waals surface area contributed by atoms with Gasteiger partial charge in [0.15, 0.2) is 0 Å². The first kappa shape index (κ1) is 14.1. The molecule has 2 nitrogen and oxygen atoms in total. The molecule has 2 unspecified atom stereocenters. The largest absolute Gasteiger partial charge is 0.323 e. The normalized spacial score (nSPS) is 14.1. The Kier molecular flexibility index (Phi) is 4.61. The molecule has 100 valence electrons. The summed E-state index contributed by atoms with van der Waals surface area (Å²) in [5.74, 6) is 0. The summed E-state index contributed by atoms with van der Waals surface area (Å²) >= 11 is 1.74. The van der Waals surface area contributed by atoms with Gasteiger partial charge in [-0.1, -0.05) is 37.3 Å². The number of nitrogens with zero attached hydrogens (tertiary/aromatic N) is 1. The van der Waals surface area contributed by atoms with Crippen LogP contribution in [-0.2, 0) is 0 Å². The molecule has 0 aliphatic rings. The quantitative estimate of drug-likeness (QED) is 0.858. The van der Waals surface area contributed by atoms with Crippen LogP contribution < -0.4 is 5.73 Å². The molecule has 2 atom stereocenters. The second-order valence-corrected chi connectivity index (χ2v) is 6.28. The van der Waals surface area contributed by atoms with Gasteiger partial charge in [-0.3, -0.25) is 0 Å². The van der Waals surface area contributed by atoms with Gasteiger partial charge in [-0.15, -0.1) is 11.8 Å². The van der Waals surface area contributed by atoms with Crippen molar-refractivity contribution in [3.63, 3.8) is 0 Å². The topological polar surface area (TPSA) is 38.9 Å². The monoisotopic (exact) mass is 272 g/mol. The molecular weight excluding hydrogens is 252 g/mol. The van der Waals surface area contributed by atoms with Crippen molar-refractivity contribution in [2.75, 3.05) is 0 Å². The summed E-state index contributed by atoms with van der Waals surface area (Å²) in [4.78, 5) is 4.56. The number of benzene rings is 1. The molecule has 1 heterocycles. The van der Waals surface area contributed by atoms with E-state index >= 15 is 0 Å². The highest BCUT2D eigenvalue weighted by atomic mass is 32.2. The molecule has 1 aromatic heterocycles. The van der Waals surface area contributed by atoms with E-state index in [4.69, 9.17) is 5.73 Å². The van der Waals surface area contributed by atoms with E-state index in [1.165, 1.54) is 11.1 Å². The number of thioether (sulfide) groups is 1. The fourth-order valence-electron chi connectivity index (χ4n) is 2.07. The van der Waals surface area contributed by atoms with Gasteiger partial charge in [0.25, 0.3) is 0 Å². The van der Waals surface area contributed by atoms with E-state index in [0.717, 1.165) is 10.7 Å². The Morgan fingerprint density at radius 2 is 1.79 bits per heavy atom. The van der Waals surface area contributed by atoms with Gasteiger partial charge in [0.1, 0.15) is 0 Å². The maximum atomic E-state index is 6.31. The summed E-state index contributed by atoms with van der Waals surface area (Å²) in [6.45, 7) is 6.28. The van der Waals surface area contributed by atoms with Crippen LogP contribution in [0.15, 0.2) is 47.5 Å². The Hall–Kier alpha value is -1.32. The van der Waals surface area contributed by atoms with Crippen molar-refractivity contribution in [2.24, 2.45) is 5.73 Å². The van der Waals surface area contributed by atoms with Crippen molar-refractivity contribution in [1.29, 1.82) is 0 Å².